The second-order valence-corrected chi connectivity index (χ2v) is 10.2. The number of halogens is 1. The molecule has 2 aromatic heterocycles. The number of benzene rings is 3. The van der Waals surface area contributed by atoms with Crippen molar-refractivity contribution in [1.29, 1.82) is 0 Å². The molecule has 0 amide bonds. The van der Waals surface area contributed by atoms with Crippen molar-refractivity contribution < 1.29 is 17.5 Å². The second-order valence-electron chi connectivity index (χ2n) is 7.57. The maximum atomic E-state index is 13.2. The van der Waals surface area contributed by atoms with E-state index < -0.39 is 16.1 Å². The van der Waals surface area contributed by atoms with Gasteiger partial charge in [0.15, 0.2) is 0 Å². The average Bonchev–Trinajstić information content (AvgIpc) is 3.44. The maximum Gasteiger partial charge on any atom is 0.240 e. The number of rotatable bonds is 7. The smallest absolute Gasteiger partial charge is 0.240 e. The van der Waals surface area contributed by atoms with Crippen molar-refractivity contribution in [2.45, 2.75) is 17.9 Å². The zero-order chi connectivity index (χ0) is 23.0. The Hall–Kier alpha value is -3.34. The van der Waals surface area contributed by atoms with Gasteiger partial charge in [-0.15, -0.1) is 11.3 Å². The van der Waals surface area contributed by atoms with Crippen LogP contribution in [0.4, 0.5) is 4.39 Å². The summed E-state index contributed by atoms with van der Waals surface area (Å²) in [5.41, 5.74) is 4.06. The fourth-order valence-electron chi connectivity index (χ4n) is 3.48. The highest BCUT2D eigenvalue weighted by Crippen LogP contribution is 2.24. The van der Waals surface area contributed by atoms with Crippen LogP contribution in [0.2, 0.25) is 0 Å². The quantitative estimate of drug-likeness (QED) is 0.369. The van der Waals surface area contributed by atoms with E-state index in [1.165, 1.54) is 23.5 Å². The largest absolute Gasteiger partial charge is 0.492 e. The predicted octanol–water partition coefficient (Wildman–Crippen LogP) is 4.52. The number of sulfonamides is 1. The second kappa shape index (κ2) is 8.54. The van der Waals surface area contributed by atoms with E-state index in [1.54, 1.807) is 59.7 Å². The van der Waals surface area contributed by atoms with Crippen molar-refractivity contribution in [3.63, 3.8) is 0 Å². The number of fused-ring (bicyclic) bond motifs is 2. The summed E-state index contributed by atoms with van der Waals surface area (Å²) in [4.78, 5) is 4.37. The van der Waals surface area contributed by atoms with E-state index >= 15 is 0 Å². The van der Waals surface area contributed by atoms with Crippen LogP contribution >= 0.6 is 11.3 Å². The van der Waals surface area contributed by atoms with Crippen molar-refractivity contribution in [2.75, 3.05) is 6.61 Å². The summed E-state index contributed by atoms with van der Waals surface area (Å²) in [6, 6.07) is 16.0. The van der Waals surface area contributed by atoms with Gasteiger partial charge in [-0.3, -0.25) is 0 Å². The lowest BCUT2D eigenvalue weighted by molar-refractivity contribution is 0.288. The first-order chi connectivity index (χ1) is 15.9. The fraction of sp³-hybridized carbons (Fsp3) is 0.130. The molecule has 0 aliphatic rings. The number of nitrogens with one attached hydrogen (secondary N) is 1. The molecular weight excluding hydrogens is 463 g/mol. The molecule has 0 aliphatic carbocycles. The number of hydrogen-bond donors (Lipinski definition) is 1. The molecule has 7 nitrogen and oxygen atoms in total. The van der Waals surface area contributed by atoms with E-state index in [0.29, 0.717) is 5.75 Å². The highest BCUT2D eigenvalue weighted by Gasteiger charge is 2.19. The Kier molecular flexibility index (Phi) is 5.57. The van der Waals surface area contributed by atoms with Crippen LogP contribution in [0, 0.1) is 5.82 Å². The van der Waals surface area contributed by atoms with Gasteiger partial charge in [0.1, 0.15) is 18.2 Å². The Labute approximate surface area is 193 Å². The summed E-state index contributed by atoms with van der Waals surface area (Å²) < 4.78 is 49.7. The van der Waals surface area contributed by atoms with Gasteiger partial charge in [-0.05, 0) is 67.6 Å². The summed E-state index contributed by atoms with van der Waals surface area (Å²) in [5.74, 6) is 0.290. The molecule has 0 fully saturated rings. The topological polar surface area (TPSA) is 86.1 Å². The molecule has 0 saturated carbocycles. The average molecular weight is 483 g/mol. The van der Waals surface area contributed by atoms with Crippen LogP contribution < -0.4 is 9.46 Å². The fourth-order valence-corrected chi connectivity index (χ4v) is 5.52. The molecule has 33 heavy (non-hydrogen) atoms. The molecule has 1 atom stereocenters. The van der Waals surface area contributed by atoms with Crippen LogP contribution in [0.25, 0.3) is 26.8 Å². The minimum atomic E-state index is -3.69. The first-order valence-corrected chi connectivity index (χ1v) is 12.5. The molecule has 0 spiro atoms. The summed E-state index contributed by atoms with van der Waals surface area (Å²) in [6.45, 7) is 1.90. The van der Waals surface area contributed by atoms with Gasteiger partial charge in [0.25, 0.3) is 0 Å². The lowest BCUT2D eigenvalue weighted by atomic mass is 10.2. The molecule has 10 heteroatoms. The van der Waals surface area contributed by atoms with Gasteiger partial charge in [0.2, 0.25) is 10.0 Å². The van der Waals surface area contributed by atoms with Crippen LogP contribution in [0.15, 0.2) is 77.3 Å². The van der Waals surface area contributed by atoms with Crippen molar-refractivity contribution >= 4 is 42.5 Å². The Balaban J connectivity index is 1.26. The van der Waals surface area contributed by atoms with Crippen molar-refractivity contribution in [1.82, 2.24) is 19.5 Å². The Bertz CT molecular complexity index is 1550. The molecule has 0 radical (unpaired) electrons. The predicted molar refractivity (Wildman–Crippen MR) is 126 cm³/mol. The first-order valence-electron chi connectivity index (χ1n) is 10.1. The molecule has 0 bridgehead atoms. The summed E-state index contributed by atoms with van der Waals surface area (Å²) in [5, 5.41) is 5.22. The number of nitrogens with zero attached hydrogens (tertiary/aromatic N) is 3. The van der Waals surface area contributed by atoms with Gasteiger partial charge in [-0.1, -0.05) is 0 Å². The van der Waals surface area contributed by atoms with E-state index in [9.17, 15) is 12.8 Å². The standard InChI is InChI=1S/C23H19FN4O3S2/c1-15(27-33(29,30)20-7-8-21-23(11-20)32-14-25-21)13-31-19-6-9-22-16(10-19)12-26-28(22)18-4-2-17(24)3-5-18/h2-12,14-15,27H,13H2,1H3/t15-/m0/s1. The Morgan fingerprint density at radius 1 is 1.12 bits per heavy atom. The summed E-state index contributed by atoms with van der Waals surface area (Å²) >= 11 is 1.39. The molecule has 0 saturated heterocycles. The minimum Gasteiger partial charge on any atom is -0.492 e. The lowest BCUT2D eigenvalue weighted by Crippen LogP contribution is -2.36. The molecule has 5 rings (SSSR count). The third-order valence-corrected chi connectivity index (χ3v) is 7.46. The molecule has 5 aromatic rings. The van der Waals surface area contributed by atoms with Gasteiger partial charge in [0, 0.05) is 5.39 Å². The van der Waals surface area contributed by atoms with Crippen molar-refractivity contribution in [3.05, 3.63) is 78.2 Å². The van der Waals surface area contributed by atoms with Gasteiger partial charge in [-0.25, -0.2) is 27.2 Å². The molecule has 168 valence electrons. The highest BCUT2D eigenvalue weighted by molar-refractivity contribution is 7.89. The molecule has 1 N–H and O–H groups in total. The summed E-state index contributed by atoms with van der Waals surface area (Å²) in [7, 11) is -3.69. The zero-order valence-corrected chi connectivity index (χ0v) is 19.1. The normalized spacial score (nSPS) is 12.9. The van der Waals surface area contributed by atoms with Gasteiger partial charge in [0.05, 0.1) is 44.1 Å². The molecule has 0 aliphatic heterocycles. The lowest BCUT2D eigenvalue weighted by Gasteiger charge is -2.15. The SMILES string of the molecule is C[C@@H](COc1ccc2c(cnn2-c2ccc(F)cc2)c1)NS(=O)(=O)c1ccc2ncsc2c1. The van der Waals surface area contributed by atoms with Gasteiger partial charge >= 0.3 is 0 Å². The molecular formula is C23H19FN4O3S2. The number of aromatic nitrogens is 3. The van der Waals surface area contributed by atoms with Gasteiger partial charge in [-0.2, -0.15) is 5.10 Å². The number of thiazole rings is 1. The third-order valence-electron chi connectivity index (χ3n) is 5.08. The maximum absolute atomic E-state index is 13.2. The van der Waals surface area contributed by atoms with E-state index in [-0.39, 0.29) is 17.3 Å². The van der Waals surface area contributed by atoms with E-state index in [2.05, 4.69) is 14.8 Å². The van der Waals surface area contributed by atoms with Crippen LogP contribution in [-0.2, 0) is 10.0 Å². The Morgan fingerprint density at radius 3 is 2.76 bits per heavy atom. The zero-order valence-electron chi connectivity index (χ0n) is 17.5. The van der Waals surface area contributed by atoms with Crippen molar-refractivity contribution in [2.24, 2.45) is 0 Å². The molecule has 0 unspecified atom stereocenters. The number of hydrogen-bond acceptors (Lipinski definition) is 6. The van der Waals surface area contributed by atoms with Crippen LogP contribution in [0.5, 0.6) is 5.75 Å². The van der Waals surface area contributed by atoms with Crippen LogP contribution in [-0.4, -0.2) is 35.8 Å². The molecule has 2 heterocycles. The minimum absolute atomic E-state index is 0.152. The summed E-state index contributed by atoms with van der Waals surface area (Å²) in [6.07, 6.45) is 1.70. The first kappa shape index (κ1) is 21.5. The Morgan fingerprint density at radius 2 is 1.94 bits per heavy atom. The van der Waals surface area contributed by atoms with E-state index in [1.807, 2.05) is 12.1 Å². The monoisotopic (exact) mass is 482 g/mol. The number of ether oxygens (including phenoxy) is 1. The van der Waals surface area contributed by atoms with Crippen molar-refractivity contribution in [3.8, 4) is 11.4 Å². The van der Waals surface area contributed by atoms with Crippen LogP contribution in [0.1, 0.15) is 6.92 Å². The third kappa shape index (κ3) is 4.45. The highest BCUT2D eigenvalue weighted by atomic mass is 32.2. The molecule has 3 aromatic carbocycles. The van der Waals surface area contributed by atoms with Gasteiger partial charge < -0.3 is 4.74 Å². The van der Waals surface area contributed by atoms with E-state index in [0.717, 1.165) is 26.8 Å². The van der Waals surface area contributed by atoms with E-state index in [4.69, 9.17) is 4.74 Å². The van der Waals surface area contributed by atoms with Crippen LogP contribution in [0.3, 0.4) is 0 Å².